The molecule has 0 aliphatic rings. The quantitative estimate of drug-likeness (QED) is 0.414. The molecule has 0 heterocycles. The number of carbonyl (C=O) groups excluding carboxylic acids is 3. The van der Waals surface area contributed by atoms with E-state index in [9.17, 15) is 14.4 Å². The Morgan fingerprint density at radius 1 is 0.667 bits per heavy atom. The van der Waals surface area contributed by atoms with E-state index >= 15 is 0 Å². The van der Waals surface area contributed by atoms with Gasteiger partial charge in [-0.2, -0.15) is 0 Å². The highest BCUT2D eigenvalue weighted by atomic mass is 16.6. The predicted molar refractivity (Wildman–Crippen MR) is 127 cm³/mol. The van der Waals surface area contributed by atoms with Crippen molar-refractivity contribution in [3.8, 4) is 0 Å². The summed E-state index contributed by atoms with van der Waals surface area (Å²) in [5.41, 5.74) is 3.90. The molecule has 0 spiro atoms. The van der Waals surface area contributed by atoms with E-state index in [0.29, 0.717) is 0 Å². The van der Waals surface area contributed by atoms with Gasteiger partial charge in [-0.3, -0.25) is 14.4 Å². The molecular weight excluding hydrogens is 430 g/mol. The lowest BCUT2D eigenvalue weighted by molar-refractivity contribution is -0.171. The molecule has 0 aromatic heterocycles. The Morgan fingerprint density at radius 2 is 1.03 bits per heavy atom. The minimum Gasteiger partial charge on any atom is -0.460 e. The first-order valence-corrected chi connectivity index (χ1v) is 11.1. The second-order valence-corrected chi connectivity index (χ2v) is 10.9. The maximum Gasteiger partial charge on any atom is 0.326 e. The number of nitrogens with two attached hydrogens (primary N) is 1. The van der Waals surface area contributed by atoms with Crippen molar-refractivity contribution in [2.24, 2.45) is 11.7 Å². The Balaban J connectivity index is 0. The van der Waals surface area contributed by atoms with Gasteiger partial charge in [0.05, 0.1) is 24.5 Å². The van der Waals surface area contributed by atoms with E-state index in [1.165, 1.54) is 14.2 Å². The summed E-state index contributed by atoms with van der Waals surface area (Å²) in [6, 6.07) is -0.718. The van der Waals surface area contributed by atoms with Gasteiger partial charge in [-0.25, -0.2) is 0 Å². The zero-order valence-corrected chi connectivity index (χ0v) is 22.9. The Labute approximate surface area is 200 Å². The standard InChI is InChI=1S/C15H28O5.C9H19NO3/c1-10(18-8)11(13(17)20-15(5,6)7)9-12(16)19-14(2,3)4;1-6(12-5)7(10)8(11)13-9(2,3)4/h10-11H,9H2,1-8H3;6-7H,10H2,1-5H3/t10-,11+;6-,7+/m00/s1. The number of ether oxygens (including phenoxy) is 5. The van der Waals surface area contributed by atoms with Crippen LogP contribution in [-0.2, 0) is 38.1 Å². The number of methoxy groups -OCH3 is 2. The summed E-state index contributed by atoms with van der Waals surface area (Å²) in [7, 11) is 3.01. The molecule has 0 unspecified atom stereocenters. The van der Waals surface area contributed by atoms with Gasteiger partial charge < -0.3 is 29.4 Å². The van der Waals surface area contributed by atoms with Crippen LogP contribution in [0.2, 0.25) is 0 Å². The van der Waals surface area contributed by atoms with Gasteiger partial charge in [0, 0.05) is 14.2 Å². The second-order valence-electron chi connectivity index (χ2n) is 10.9. The summed E-state index contributed by atoms with van der Waals surface area (Å²) in [6.45, 7) is 19.6. The number of hydrogen-bond acceptors (Lipinski definition) is 9. The number of hydrogen-bond donors (Lipinski definition) is 1. The molecule has 0 fully saturated rings. The molecule has 0 radical (unpaired) electrons. The summed E-state index contributed by atoms with van der Waals surface area (Å²) >= 11 is 0. The van der Waals surface area contributed by atoms with Crippen LogP contribution >= 0.6 is 0 Å². The highest BCUT2D eigenvalue weighted by molar-refractivity contribution is 5.81. The van der Waals surface area contributed by atoms with E-state index in [2.05, 4.69) is 0 Å². The SMILES string of the molecule is CO[C@@H](C)[C@@H](CC(=O)OC(C)(C)C)C(=O)OC(C)(C)C.CO[C@@H](C)[C@@H](N)C(=O)OC(C)(C)C. The van der Waals surface area contributed by atoms with Gasteiger partial charge in [-0.05, 0) is 76.2 Å². The predicted octanol–water partition coefficient (Wildman–Crippen LogP) is 3.40. The third kappa shape index (κ3) is 17.4. The van der Waals surface area contributed by atoms with Crippen LogP contribution in [0.25, 0.3) is 0 Å². The number of esters is 3. The van der Waals surface area contributed by atoms with Crippen LogP contribution in [0, 0.1) is 5.92 Å². The molecule has 4 atom stereocenters. The molecule has 0 rings (SSSR count). The van der Waals surface area contributed by atoms with Crippen molar-refractivity contribution in [2.45, 2.75) is 118 Å². The van der Waals surface area contributed by atoms with Crippen molar-refractivity contribution < 1.29 is 38.1 Å². The molecule has 196 valence electrons. The van der Waals surface area contributed by atoms with Gasteiger partial charge in [0.15, 0.2) is 0 Å². The largest absolute Gasteiger partial charge is 0.460 e. The average molecular weight is 478 g/mol. The topological polar surface area (TPSA) is 123 Å². The van der Waals surface area contributed by atoms with Gasteiger partial charge in [0.25, 0.3) is 0 Å². The van der Waals surface area contributed by atoms with Crippen molar-refractivity contribution in [1.29, 1.82) is 0 Å². The lowest BCUT2D eigenvalue weighted by atomic mass is 9.99. The summed E-state index contributed by atoms with van der Waals surface area (Å²) in [6.07, 6.45) is -0.798. The zero-order chi connectivity index (χ0) is 26.8. The van der Waals surface area contributed by atoms with Crippen molar-refractivity contribution in [3.05, 3.63) is 0 Å². The van der Waals surface area contributed by atoms with Gasteiger partial charge in [0.1, 0.15) is 22.8 Å². The van der Waals surface area contributed by atoms with E-state index in [0.717, 1.165) is 0 Å². The third-order valence-electron chi connectivity index (χ3n) is 4.01. The van der Waals surface area contributed by atoms with Crippen LogP contribution in [0.3, 0.4) is 0 Å². The molecule has 33 heavy (non-hydrogen) atoms. The first-order chi connectivity index (χ1) is 14.6. The van der Waals surface area contributed by atoms with Crippen molar-refractivity contribution in [3.63, 3.8) is 0 Å². The second kappa shape index (κ2) is 13.9. The van der Waals surface area contributed by atoms with Gasteiger partial charge >= 0.3 is 17.9 Å². The normalized spacial score (nSPS) is 15.8. The summed E-state index contributed by atoms with van der Waals surface area (Å²) in [5, 5.41) is 0. The minimum absolute atomic E-state index is 0.0544. The first-order valence-electron chi connectivity index (χ1n) is 11.1. The third-order valence-corrected chi connectivity index (χ3v) is 4.01. The van der Waals surface area contributed by atoms with E-state index in [-0.39, 0.29) is 12.5 Å². The van der Waals surface area contributed by atoms with Crippen LogP contribution < -0.4 is 5.73 Å². The fourth-order valence-electron chi connectivity index (χ4n) is 2.25. The number of rotatable bonds is 8. The van der Waals surface area contributed by atoms with Crippen LogP contribution in [-0.4, -0.2) is 67.2 Å². The van der Waals surface area contributed by atoms with E-state index < -0.39 is 52.8 Å². The maximum atomic E-state index is 12.2. The number of carbonyl (C=O) groups is 3. The smallest absolute Gasteiger partial charge is 0.326 e. The molecule has 9 heteroatoms. The Bertz CT molecular complexity index is 613. The fraction of sp³-hybridized carbons (Fsp3) is 0.875. The van der Waals surface area contributed by atoms with Gasteiger partial charge in [-0.1, -0.05) is 0 Å². The van der Waals surface area contributed by atoms with Crippen molar-refractivity contribution >= 4 is 17.9 Å². The van der Waals surface area contributed by atoms with Crippen molar-refractivity contribution in [2.75, 3.05) is 14.2 Å². The molecule has 0 aromatic rings. The van der Waals surface area contributed by atoms with Crippen LogP contribution in [0.15, 0.2) is 0 Å². The Hall–Kier alpha value is -1.71. The summed E-state index contributed by atoms with van der Waals surface area (Å²) in [5.74, 6) is -1.98. The zero-order valence-electron chi connectivity index (χ0n) is 22.9. The highest BCUT2D eigenvalue weighted by Gasteiger charge is 2.33. The molecule has 2 N–H and O–H groups in total. The molecular formula is C24H47NO8. The first kappa shape index (κ1) is 33.5. The molecule has 9 nitrogen and oxygen atoms in total. The highest BCUT2D eigenvalue weighted by Crippen LogP contribution is 2.20. The molecule has 0 amide bonds. The van der Waals surface area contributed by atoms with E-state index in [1.807, 2.05) is 0 Å². The van der Waals surface area contributed by atoms with Gasteiger partial charge in [0.2, 0.25) is 0 Å². The van der Waals surface area contributed by atoms with Crippen molar-refractivity contribution in [1.82, 2.24) is 0 Å². The van der Waals surface area contributed by atoms with E-state index in [1.54, 1.807) is 76.2 Å². The lowest BCUT2D eigenvalue weighted by Gasteiger charge is -2.27. The fourth-order valence-corrected chi connectivity index (χ4v) is 2.25. The Morgan fingerprint density at radius 3 is 1.36 bits per heavy atom. The summed E-state index contributed by atoms with van der Waals surface area (Å²) in [4.78, 5) is 35.4. The molecule has 0 aliphatic carbocycles. The molecule has 0 bridgehead atoms. The lowest BCUT2D eigenvalue weighted by Crippen LogP contribution is -2.44. The van der Waals surface area contributed by atoms with Gasteiger partial charge in [-0.15, -0.1) is 0 Å². The minimum atomic E-state index is -0.718. The monoisotopic (exact) mass is 477 g/mol. The maximum absolute atomic E-state index is 12.2. The average Bonchev–Trinajstić information content (AvgIpc) is 2.60. The molecule has 0 saturated carbocycles. The van der Waals surface area contributed by atoms with Crippen LogP contribution in [0.4, 0.5) is 0 Å². The molecule has 0 aromatic carbocycles. The Kier molecular flexibility index (Phi) is 14.1. The molecule has 0 saturated heterocycles. The van der Waals surface area contributed by atoms with Crippen LogP contribution in [0.1, 0.15) is 82.6 Å². The van der Waals surface area contributed by atoms with Crippen LogP contribution in [0.5, 0.6) is 0 Å². The van der Waals surface area contributed by atoms with E-state index in [4.69, 9.17) is 29.4 Å². The summed E-state index contributed by atoms with van der Waals surface area (Å²) < 4.78 is 25.7. The molecule has 0 aliphatic heterocycles.